The number of fused-ring (bicyclic) bond motifs is 1. The number of hydrogen-bond acceptors (Lipinski definition) is 4. The highest BCUT2D eigenvalue weighted by Gasteiger charge is 2.23. The van der Waals surface area contributed by atoms with Gasteiger partial charge in [0.15, 0.2) is 0 Å². The van der Waals surface area contributed by atoms with E-state index in [1.807, 2.05) is 55.8 Å². The average Bonchev–Trinajstić information content (AvgIpc) is 3.37. The minimum Gasteiger partial charge on any atom is -0.379 e. The first-order chi connectivity index (χ1) is 14.0. The van der Waals surface area contributed by atoms with Crippen molar-refractivity contribution in [3.05, 3.63) is 58.4 Å². The molecule has 6 nitrogen and oxygen atoms in total. The molecule has 0 bridgehead atoms. The summed E-state index contributed by atoms with van der Waals surface area (Å²) in [6, 6.07) is 10.9. The van der Waals surface area contributed by atoms with Crippen molar-refractivity contribution in [1.29, 1.82) is 0 Å². The number of ether oxygens (including phenoxy) is 1. The van der Waals surface area contributed by atoms with Crippen LogP contribution in [0.5, 0.6) is 0 Å². The Morgan fingerprint density at radius 1 is 1.17 bits per heavy atom. The van der Waals surface area contributed by atoms with Crippen LogP contribution in [0.2, 0.25) is 0 Å². The van der Waals surface area contributed by atoms with Crippen LogP contribution in [0.25, 0.3) is 10.9 Å². The fourth-order valence-corrected chi connectivity index (χ4v) is 3.72. The maximum atomic E-state index is 12.8. The Labute approximate surface area is 174 Å². The number of nitrogens with one attached hydrogen (secondary N) is 3. The topological polar surface area (TPSA) is 83.2 Å². The molecule has 1 aromatic carbocycles. The van der Waals surface area contributed by atoms with E-state index in [0.717, 1.165) is 22.9 Å². The second-order valence-corrected chi connectivity index (χ2v) is 8.08. The van der Waals surface area contributed by atoms with Crippen molar-refractivity contribution in [3.63, 3.8) is 0 Å². The third kappa shape index (κ3) is 5.92. The van der Waals surface area contributed by atoms with Crippen LogP contribution in [0, 0.1) is 0 Å². The fraction of sp³-hybridized carbons (Fsp3) is 0.364. The molecule has 0 aliphatic rings. The molecule has 29 heavy (non-hydrogen) atoms. The molecule has 0 fully saturated rings. The van der Waals surface area contributed by atoms with Crippen molar-refractivity contribution in [2.75, 3.05) is 13.2 Å². The number of carbonyl (C=O) groups excluding carboxylic acids is 2. The second kappa shape index (κ2) is 10.2. The maximum absolute atomic E-state index is 12.8. The molecule has 3 N–H and O–H groups in total. The number of rotatable bonds is 10. The van der Waals surface area contributed by atoms with Crippen molar-refractivity contribution in [1.82, 2.24) is 15.6 Å². The number of benzene rings is 1. The van der Waals surface area contributed by atoms with Crippen molar-refractivity contribution in [2.24, 2.45) is 0 Å². The Hall–Kier alpha value is -2.64. The van der Waals surface area contributed by atoms with Gasteiger partial charge in [-0.2, -0.15) is 0 Å². The summed E-state index contributed by atoms with van der Waals surface area (Å²) in [4.78, 5) is 29.2. The van der Waals surface area contributed by atoms with Crippen LogP contribution in [-0.4, -0.2) is 42.1 Å². The summed E-state index contributed by atoms with van der Waals surface area (Å²) >= 11 is 1.36. The molecule has 2 heterocycles. The first-order valence-corrected chi connectivity index (χ1v) is 10.7. The lowest BCUT2D eigenvalue weighted by Crippen LogP contribution is -2.48. The van der Waals surface area contributed by atoms with E-state index in [1.165, 1.54) is 11.3 Å². The zero-order valence-corrected chi connectivity index (χ0v) is 17.6. The van der Waals surface area contributed by atoms with E-state index < -0.39 is 6.04 Å². The molecule has 154 valence electrons. The normalized spacial score (nSPS) is 12.2. The van der Waals surface area contributed by atoms with Gasteiger partial charge in [0.25, 0.3) is 5.91 Å². The van der Waals surface area contributed by atoms with Crippen LogP contribution in [0.4, 0.5) is 0 Å². The van der Waals surface area contributed by atoms with E-state index in [-0.39, 0.29) is 17.9 Å². The van der Waals surface area contributed by atoms with E-state index in [0.29, 0.717) is 24.4 Å². The van der Waals surface area contributed by atoms with Gasteiger partial charge in [-0.25, -0.2) is 0 Å². The molecule has 0 saturated heterocycles. The number of aromatic nitrogens is 1. The summed E-state index contributed by atoms with van der Waals surface area (Å²) in [6.07, 6.45) is 3.21. The Morgan fingerprint density at radius 3 is 2.76 bits per heavy atom. The van der Waals surface area contributed by atoms with Gasteiger partial charge >= 0.3 is 0 Å². The molecule has 0 radical (unpaired) electrons. The number of para-hydroxylation sites is 1. The lowest BCUT2D eigenvalue weighted by Gasteiger charge is -2.18. The van der Waals surface area contributed by atoms with Gasteiger partial charge in [0.1, 0.15) is 6.04 Å². The molecule has 0 aliphatic heterocycles. The van der Waals surface area contributed by atoms with Gasteiger partial charge in [0.2, 0.25) is 5.91 Å². The van der Waals surface area contributed by atoms with Crippen LogP contribution in [0.3, 0.4) is 0 Å². The summed E-state index contributed by atoms with van der Waals surface area (Å²) < 4.78 is 5.51. The van der Waals surface area contributed by atoms with E-state index in [4.69, 9.17) is 4.74 Å². The quantitative estimate of drug-likeness (QED) is 0.445. The van der Waals surface area contributed by atoms with Crippen LogP contribution >= 0.6 is 11.3 Å². The Balaban J connectivity index is 1.67. The molecule has 7 heteroatoms. The summed E-state index contributed by atoms with van der Waals surface area (Å²) in [5.41, 5.74) is 2.01. The van der Waals surface area contributed by atoms with Crippen molar-refractivity contribution < 1.29 is 14.3 Å². The monoisotopic (exact) mass is 413 g/mol. The number of carbonyl (C=O) groups is 2. The van der Waals surface area contributed by atoms with Gasteiger partial charge in [0, 0.05) is 36.7 Å². The van der Waals surface area contributed by atoms with Gasteiger partial charge in [-0.1, -0.05) is 24.3 Å². The summed E-state index contributed by atoms with van der Waals surface area (Å²) in [6.45, 7) is 5.06. The van der Waals surface area contributed by atoms with Crippen molar-refractivity contribution in [3.8, 4) is 0 Å². The van der Waals surface area contributed by atoms with E-state index in [9.17, 15) is 9.59 Å². The van der Waals surface area contributed by atoms with Gasteiger partial charge in [-0.3, -0.25) is 9.59 Å². The summed E-state index contributed by atoms with van der Waals surface area (Å²) in [7, 11) is 0. The Morgan fingerprint density at radius 2 is 2.00 bits per heavy atom. The predicted molar refractivity (Wildman–Crippen MR) is 116 cm³/mol. The summed E-state index contributed by atoms with van der Waals surface area (Å²) in [5.74, 6) is -0.423. The molecule has 2 amide bonds. The number of aromatic amines is 1. The third-order valence-electron chi connectivity index (χ3n) is 4.54. The molecule has 0 spiro atoms. The van der Waals surface area contributed by atoms with E-state index in [1.54, 1.807) is 6.07 Å². The minimum absolute atomic E-state index is 0.172. The van der Waals surface area contributed by atoms with Gasteiger partial charge < -0.3 is 20.4 Å². The smallest absolute Gasteiger partial charge is 0.262 e. The summed E-state index contributed by atoms with van der Waals surface area (Å²) in [5, 5.41) is 8.72. The predicted octanol–water partition coefficient (Wildman–Crippen LogP) is 3.50. The second-order valence-electron chi connectivity index (χ2n) is 7.13. The zero-order chi connectivity index (χ0) is 20.6. The molecule has 0 saturated carbocycles. The van der Waals surface area contributed by atoms with Gasteiger partial charge in [0.05, 0.1) is 11.0 Å². The van der Waals surface area contributed by atoms with Crippen LogP contribution in [-0.2, 0) is 16.0 Å². The zero-order valence-electron chi connectivity index (χ0n) is 16.7. The molecule has 3 aromatic rings. The maximum Gasteiger partial charge on any atom is 0.262 e. The number of hydrogen-bond donors (Lipinski definition) is 3. The molecule has 0 unspecified atom stereocenters. The minimum atomic E-state index is -0.658. The molecule has 2 aromatic heterocycles. The van der Waals surface area contributed by atoms with Crippen molar-refractivity contribution >= 4 is 34.1 Å². The van der Waals surface area contributed by atoms with E-state index in [2.05, 4.69) is 15.6 Å². The van der Waals surface area contributed by atoms with Crippen LogP contribution < -0.4 is 10.6 Å². The van der Waals surface area contributed by atoms with Crippen LogP contribution in [0.1, 0.15) is 35.5 Å². The lowest BCUT2D eigenvalue weighted by atomic mass is 10.0. The lowest BCUT2D eigenvalue weighted by molar-refractivity contribution is -0.123. The van der Waals surface area contributed by atoms with Gasteiger partial charge in [-0.15, -0.1) is 11.3 Å². The highest BCUT2D eigenvalue weighted by Crippen LogP contribution is 2.19. The standard InChI is InChI=1S/C22H27N3O3S/c1-15(2)28-11-6-10-23-21(26)19(25-22(27)20-9-5-12-29-20)13-16-14-24-18-8-4-3-7-17(16)18/h3-5,7-9,12,14-15,19,24H,6,10-11,13H2,1-2H3,(H,23,26)(H,25,27)/t19-/m0/s1. The molecule has 0 aliphatic carbocycles. The Bertz CT molecular complexity index is 934. The average molecular weight is 414 g/mol. The highest BCUT2D eigenvalue weighted by atomic mass is 32.1. The van der Waals surface area contributed by atoms with Crippen LogP contribution in [0.15, 0.2) is 48.0 Å². The SMILES string of the molecule is CC(C)OCCCNC(=O)[C@H](Cc1c[nH]c2ccccc12)NC(=O)c1cccs1. The third-order valence-corrected chi connectivity index (χ3v) is 5.41. The largest absolute Gasteiger partial charge is 0.379 e. The number of thiophene rings is 1. The van der Waals surface area contributed by atoms with E-state index >= 15 is 0 Å². The number of amides is 2. The highest BCUT2D eigenvalue weighted by molar-refractivity contribution is 7.12. The number of H-pyrrole nitrogens is 1. The molecule has 3 rings (SSSR count). The molecule has 1 atom stereocenters. The first kappa shape index (κ1) is 21.1. The van der Waals surface area contributed by atoms with Crippen molar-refractivity contribution in [2.45, 2.75) is 38.8 Å². The molecular formula is C22H27N3O3S. The first-order valence-electron chi connectivity index (χ1n) is 9.83. The fourth-order valence-electron chi connectivity index (χ4n) is 3.09. The molecular weight excluding hydrogens is 386 g/mol. The van der Waals surface area contributed by atoms with Gasteiger partial charge in [-0.05, 0) is 43.3 Å². The Kier molecular flexibility index (Phi) is 7.43.